The average Bonchev–Trinajstić information content (AvgIpc) is 2.29. The Balaban J connectivity index is 2.42. The number of hydroxylamine groups is 1. The molecule has 5 nitrogen and oxygen atoms in total. The van der Waals surface area contributed by atoms with Crippen LogP contribution in [0.25, 0.3) is 0 Å². The molecule has 1 saturated carbocycles. The third-order valence-electron chi connectivity index (χ3n) is 3.53. The molecule has 1 fully saturated rings. The second-order valence-electron chi connectivity index (χ2n) is 6.37. The second-order valence-corrected chi connectivity index (χ2v) is 6.37. The molecule has 1 aliphatic carbocycles. The van der Waals surface area contributed by atoms with E-state index in [2.05, 4.69) is 12.4 Å². The highest BCUT2D eigenvalue weighted by atomic mass is 16.7. The van der Waals surface area contributed by atoms with Crippen molar-refractivity contribution in [1.29, 1.82) is 0 Å². The van der Waals surface area contributed by atoms with Gasteiger partial charge >= 0.3 is 6.09 Å². The number of hydrogen-bond acceptors (Lipinski definition) is 4. The molecule has 1 rings (SSSR count). The van der Waals surface area contributed by atoms with Crippen LogP contribution in [0.3, 0.4) is 0 Å². The zero-order valence-electron chi connectivity index (χ0n) is 12.4. The van der Waals surface area contributed by atoms with E-state index in [1.807, 2.05) is 0 Å². The van der Waals surface area contributed by atoms with Crippen LogP contribution >= 0.6 is 0 Å². The Morgan fingerprint density at radius 3 is 2.53 bits per heavy atom. The zero-order valence-corrected chi connectivity index (χ0v) is 12.4. The van der Waals surface area contributed by atoms with Crippen LogP contribution in [-0.2, 0) is 9.57 Å². The maximum absolute atomic E-state index is 11.5. The molecule has 0 saturated heterocycles. The normalized spacial score (nSPS) is 25.7. The molecular weight excluding hydrogens is 246 g/mol. The van der Waals surface area contributed by atoms with Gasteiger partial charge in [-0.1, -0.05) is 26.2 Å². The maximum atomic E-state index is 11.5. The monoisotopic (exact) mass is 273 g/mol. The molecule has 5 heteroatoms. The van der Waals surface area contributed by atoms with Crippen molar-refractivity contribution in [2.45, 2.75) is 65.1 Å². The van der Waals surface area contributed by atoms with Gasteiger partial charge in [0.25, 0.3) is 0 Å². The molecule has 0 radical (unpaired) electrons. The topological polar surface area (TPSA) is 67.8 Å². The van der Waals surface area contributed by atoms with Crippen LogP contribution in [-0.4, -0.2) is 29.5 Å². The Morgan fingerprint density at radius 1 is 1.37 bits per heavy atom. The maximum Gasteiger partial charge on any atom is 0.431 e. The molecule has 0 aliphatic heterocycles. The lowest BCUT2D eigenvalue weighted by Crippen LogP contribution is -2.41. The molecule has 1 amide bonds. The number of amides is 1. The molecule has 0 heterocycles. The SMILES string of the molecule is CC1CCCCC1C(CO)ONC(=O)OC(C)(C)C. The number of carbonyl (C=O) groups is 1. The minimum atomic E-state index is -0.616. The van der Waals surface area contributed by atoms with Gasteiger partial charge in [0.1, 0.15) is 11.7 Å². The van der Waals surface area contributed by atoms with Crippen molar-refractivity contribution in [2.75, 3.05) is 6.61 Å². The average molecular weight is 273 g/mol. The van der Waals surface area contributed by atoms with Gasteiger partial charge in [-0.3, -0.25) is 4.84 Å². The van der Waals surface area contributed by atoms with E-state index in [-0.39, 0.29) is 18.6 Å². The number of hydrogen-bond donors (Lipinski definition) is 2. The summed E-state index contributed by atoms with van der Waals surface area (Å²) < 4.78 is 5.09. The smallest absolute Gasteiger partial charge is 0.431 e. The Kier molecular flexibility index (Phi) is 6.07. The van der Waals surface area contributed by atoms with Crippen molar-refractivity contribution in [1.82, 2.24) is 5.48 Å². The summed E-state index contributed by atoms with van der Waals surface area (Å²) in [5, 5.41) is 9.42. The summed E-state index contributed by atoms with van der Waals surface area (Å²) in [6, 6.07) is 0. The van der Waals surface area contributed by atoms with Gasteiger partial charge in [-0.05, 0) is 39.0 Å². The third kappa shape index (κ3) is 5.78. The van der Waals surface area contributed by atoms with Crippen molar-refractivity contribution in [3.8, 4) is 0 Å². The molecule has 1 aliphatic rings. The van der Waals surface area contributed by atoms with Gasteiger partial charge in [-0.25, -0.2) is 4.79 Å². The van der Waals surface area contributed by atoms with E-state index in [4.69, 9.17) is 9.57 Å². The van der Waals surface area contributed by atoms with Gasteiger partial charge in [-0.2, -0.15) is 5.48 Å². The van der Waals surface area contributed by atoms with Gasteiger partial charge in [0.2, 0.25) is 0 Å². The van der Waals surface area contributed by atoms with Crippen molar-refractivity contribution in [2.24, 2.45) is 11.8 Å². The molecule has 3 unspecified atom stereocenters. The molecule has 0 bridgehead atoms. The highest BCUT2D eigenvalue weighted by Gasteiger charge is 2.30. The van der Waals surface area contributed by atoms with E-state index >= 15 is 0 Å². The van der Waals surface area contributed by atoms with Crippen molar-refractivity contribution in [3.63, 3.8) is 0 Å². The van der Waals surface area contributed by atoms with Gasteiger partial charge in [-0.15, -0.1) is 0 Å². The largest absolute Gasteiger partial charge is 0.442 e. The summed E-state index contributed by atoms with van der Waals surface area (Å²) in [5.41, 5.74) is 1.73. The Hall–Kier alpha value is -0.810. The van der Waals surface area contributed by atoms with Gasteiger partial charge in [0.15, 0.2) is 0 Å². The fourth-order valence-electron chi connectivity index (χ4n) is 2.58. The van der Waals surface area contributed by atoms with E-state index in [1.165, 1.54) is 6.42 Å². The number of aliphatic hydroxyl groups excluding tert-OH is 1. The van der Waals surface area contributed by atoms with Crippen molar-refractivity contribution in [3.05, 3.63) is 0 Å². The van der Waals surface area contributed by atoms with Crippen molar-refractivity contribution < 1.29 is 19.5 Å². The fraction of sp³-hybridized carbons (Fsp3) is 0.929. The molecule has 2 N–H and O–H groups in total. The Labute approximate surface area is 115 Å². The van der Waals surface area contributed by atoms with Crippen LogP contribution in [0.5, 0.6) is 0 Å². The van der Waals surface area contributed by atoms with E-state index in [0.717, 1.165) is 19.3 Å². The van der Waals surface area contributed by atoms with Crippen LogP contribution in [0.15, 0.2) is 0 Å². The first-order valence-corrected chi connectivity index (χ1v) is 7.09. The predicted molar refractivity (Wildman–Crippen MR) is 72.5 cm³/mol. The highest BCUT2D eigenvalue weighted by Crippen LogP contribution is 2.32. The van der Waals surface area contributed by atoms with E-state index < -0.39 is 11.7 Å². The van der Waals surface area contributed by atoms with Gasteiger partial charge < -0.3 is 9.84 Å². The minimum Gasteiger partial charge on any atom is -0.442 e. The standard InChI is InChI=1S/C14H27NO4/c1-10-7-5-6-8-11(10)12(9-16)19-15-13(17)18-14(2,3)4/h10-12,16H,5-9H2,1-4H3,(H,15,17). The number of ether oxygens (including phenoxy) is 1. The number of carbonyl (C=O) groups excluding carboxylic acids is 1. The summed E-state index contributed by atoms with van der Waals surface area (Å²) in [6.07, 6.45) is 3.59. The molecule has 0 spiro atoms. The lowest BCUT2D eigenvalue weighted by atomic mass is 9.77. The second kappa shape index (κ2) is 7.10. The first-order valence-electron chi connectivity index (χ1n) is 7.09. The first-order chi connectivity index (χ1) is 8.83. The van der Waals surface area contributed by atoms with Crippen LogP contribution in [0, 0.1) is 11.8 Å². The fourth-order valence-corrected chi connectivity index (χ4v) is 2.58. The molecular formula is C14H27NO4. The van der Waals surface area contributed by atoms with Crippen LogP contribution in [0.4, 0.5) is 4.79 Å². The molecule has 0 aromatic carbocycles. The van der Waals surface area contributed by atoms with E-state index in [0.29, 0.717) is 5.92 Å². The molecule has 19 heavy (non-hydrogen) atoms. The number of nitrogens with one attached hydrogen (secondary N) is 1. The third-order valence-corrected chi connectivity index (χ3v) is 3.53. The molecule has 3 atom stereocenters. The van der Waals surface area contributed by atoms with Gasteiger partial charge in [0.05, 0.1) is 6.61 Å². The molecule has 0 aromatic heterocycles. The van der Waals surface area contributed by atoms with E-state index in [1.54, 1.807) is 20.8 Å². The summed E-state index contributed by atoms with van der Waals surface area (Å²) >= 11 is 0. The van der Waals surface area contributed by atoms with Crippen molar-refractivity contribution >= 4 is 6.09 Å². The Morgan fingerprint density at radius 2 is 2.00 bits per heavy atom. The quantitative estimate of drug-likeness (QED) is 0.773. The number of aliphatic hydroxyl groups is 1. The van der Waals surface area contributed by atoms with E-state index in [9.17, 15) is 9.90 Å². The Bertz CT molecular complexity index is 288. The summed E-state index contributed by atoms with van der Waals surface area (Å²) in [5.74, 6) is 0.792. The predicted octanol–water partition coefficient (Wildman–Crippen LogP) is 2.63. The molecule has 112 valence electrons. The number of rotatable bonds is 4. The molecule has 0 aromatic rings. The first kappa shape index (κ1) is 16.2. The van der Waals surface area contributed by atoms with Gasteiger partial charge in [0, 0.05) is 0 Å². The zero-order chi connectivity index (χ0) is 14.5. The van der Waals surface area contributed by atoms with Crippen LogP contribution in [0.2, 0.25) is 0 Å². The highest BCUT2D eigenvalue weighted by molar-refractivity contribution is 5.66. The minimum absolute atomic E-state index is 0.0925. The summed E-state index contributed by atoms with van der Waals surface area (Å²) in [4.78, 5) is 16.8. The lowest BCUT2D eigenvalue weighted by molar-refractivity contribution is -0.0967. The summed E-state index contributed by atoms with van der Waals surface area (Å²) in [6.45, 7) is 7.45. The summed E-state index contributed by atoms with van der Waals surface area (Å²) in [7, 11) is 0. The van der Waals surface area contributed by atoms with Crippen LogP contribution < -0.4 is 5.48 Å². The lowest BCUT2D eigenvalue weighted by Gasteiger charge is -2.33. The van der Waals surface area contributed by atoms with Crippen LogP contribution in [0.1, 0.15) is 53.4 Å².